The van der Waals surface area contributed by atoms with Gasteiger partial charge in [-0.15, -0.1) is 0 Å². The second-order valence-electron chi connectivity index (χ2n) is 12.0. The molecule has 6 rings (SSSR count). The number of alkyl halides is 3. The SMILES string of the molecule is COc1cc(-c2cc(C(=O)N3CC[C@H](C(=O)N(c4ccccc4)C4CCC(O)(C(F)(F)F)CC4)CC34CC4)[nH]n2)c(F)cn1. The molecule has 0 bridgehead atoms. The highest BCUT2D eigenvalue weighted by molar-refractivity contribution is 5.97. The Morgan fingerprint density at radius 2 is 1.80 bits per heavy atom. The lowest BCUT2D eigenvalue weighted by molar-refractivity contribution is -0.270. The van der Waals surface area contributed by atoms with Gasteiger partial charge in [0.1, 0.15) is 5.69 Å². The Morgan fingerprint density at radius 3 is 2.43 bits per heavy atom. The lowest BCUT2D eigenvalue weighted by Crippen LogP contribution is -2.55. The van der Waals surface area contributed by atoms with Gasteiger partial charge in [-0.05, 0) is 69.6 Å². The van der Waals surface area contributed by atoms with E-state index in [-0.39, 0.29) is 47.5 Å². The Morgan fingerprint density at radius 1 is 1.09 bits per heavy atom. The Labute approximate surface area is 251 Å². The van der Waals surface area contributed by atoms with Crippen LogP contribution in [0.25, 0.3) is 11.3 Å². The Balaban J connectivity index is 1.18. The molecular formula is C31H33F4N5O4. The quantitative estimate of drug-likeness (QED) is 0.366. The summed E-state index contributed by atoms with van der Waals surface area (Å²) in [6, 6.07) is 11.3. The minimum Gasteiger partial charge on any atom is -0.481 e. The number of aromatic amines is 1. The van der Waals surface area contributed by atoms with Crippen molar-refractivity contribution in [3.63, 3.8) is 0 Å². The Kier molecular flexibility index (Phi) is 7.63. The highest BCUT2D eigenvalue weighted by Gasteiger charge is 2.57. The van der Waals surface area contributed by atoms with Gasteiger partial charge in [-0.2, -0.15) is 18.3 Å². The van der Waals surface area contributed by atoms with Crippen molar-refractivity contribution in [3.8, 4) is 17.1 Å². The van der Waals surface area contributed by atoms with Crippen molar-refractivity contribution < 1.29 is 37.0 Å². The normalized spacial score (nSPS) is 24.6. The highest BCUT2D eigenvalue weighted by Crippen LogP contribution is 2.51. The number of benzene rings is 1. The molecule has 44 heavy (non-hydrogen) atoms. The minimum atomic E-state index is -4.73. The van der Waals surface area contributed by atoms with Crippen molar-refractivity contribution in [1.29, 1.82) is 0 Å². The number of carbonyl (C=O) groups excluding carboxylic acids is 2. The summed E-state index contributed by atoms with van der Waals surface area (Å²) >= 11 is 0. The fourth-order valence-electron chi connectivity index (χ4n) is 6.71. The highest BCUT2D eigenvalue weighted by atomic mass is 19.4. The summed E-state index contributed by atoms with van der Waals surface area (Å²) in [7, 11) is 1.41. The molecule has 13 heteroatoms. The van der Waals surface area contributed by atoms with Gasteiger partial charge in [0.05, 0.1) is 19.0 Å². The number of ether oxygens (including phenoxy) is 1. The van der Waals surface area contributed by atoms with Crippen LogP contribution in [0.3, 0.4) is 0 Å². The maximum Gasteiger partial charge on any atom is 0.417 e. The number of amides is 2. The molecular weight excluding hydrogens is 582 g/mol. The number of piperidine rings is 1. The number of pyridine rings is 1. The molecule has 1 saturated heterocycles. The predicted molar refractivity (Wildman–Crippen MR) is 151 cm³/mol. The van der Waals surface area contributed by atoms with E-state index in [4.69, 9.17) is 4.74 Å². The standard InChI is InChI=1S/C31H33F4N5O4/c1-44-26-15-22(23(32)18-36-26)24-16-25(38-37-24)28(42)39-14-9-19(17-29(39)12-13-29)27(41)40(20-5-3-2-4-6-20)21-7-10-30(43,11-8-21)31(33,34)35/h2-6,15-16,18-19,21,43H,7-14,17H2,1H3,(H,37,38)/t19-,21?,30?/m0/s1. The molecule has 3 aliphatic rings. The summed E-state index contributed by atoms with van der Waals surface area (Å²) in [4.78, 5) is 35.0. The van der Waals surface area contributed by atoms with Gasteiger partial charge in [0.2, 0.25) is 11.8 Å². The fourth-order valence-corrected chi connectivity index (χ4v) is 6.71. The number of likely N-dealkylation sites (tertiary alicyclic amines) is 1. The molecule has 3 fully saturated rings. The summed E-state index contributed by atoms with van der Waals surface area (Å²) in [6.07, 6.45) is -2.38. The number of aromatic nitrogens is 3. The van der Waals surface area contributed by atoms with Gasteiger partial charge in [-0.3, -0.25) is 14.7 Å². The topological polar surface area (TPSA) is 112 Å². The third-order valence-electron chi connectivity index (χ3n) is 9.39. The van der Waals surface area contributed by atoms with Crippen molar-refractivity contribution in [2.75, 3.05) is 18.6 Å². The fraction of sp³-hybridized carbons (Fsp3) is 0.484. The molecule has 2 aliphatic carbocycles. The number of nitrogens with one attached hydrogen (secondary N) is 1. The zero-order chi connectivity index (χ0) is 31.3. The van der Waals surface area contributed by atoms with Crippen LogP contribution in [-0.2, 0) is 4.79 Å². The van der Waals surface area contributed by atoms with Crippen LogP contribution >= 0.6 is 0 Å². The van der Waals surface area contributed by atoms with Gasteiger partial charge in [-0.25, -0.2) is 9.37 Å². The number of rotatable bonds is 6. The predicted octanol–water partition coefficient (Wildman–Crippen LogP) is 5.27. The van der Waals surface area contributed by atoms with E-state index in [0.717, 1.165) is 6.20 Å². The number of halogens is 4. The van der Waals surface area contributed by atoms with E-state index in [1.54, 1.807) is 40.1 Å². The second kappa shape index (κ2) is 11.2. The maximum absolute atomic E-state index is 14.5. The third kappa shape index (κ3) is 5.42. The van der Waals surface area contributed by atoms with E-state index in [1.165, 1.54) is 19.2 Å². The molecule has 9 nitrogen and oxygen atoms in total. The number of carbonyl (C=O) groups is 2. The molecule has 234 valence electrons. The number of methoxy groups -OCH3 is 1. The Hall–Kier alpha value is -4.00. The lowest BCUT2D eigenvalue weighted by atomic mass is 9.80. The molecule has 2 amide bonds. The molecule has 1 aliphatic heterocycles. The van der Waals surface area contributed by atoms with E-state index >= 15 is 0 Å². The van der Waals surface area contributed by atoms with Gasteiger partial charge in [0.25, 0.3) is 5.91 Å². The summed E-state index contributed by atoms with van der Waals surface area (Å²) < 4.78 is 60.0. The molecule has 3 aromatic rings. The molecule has 0 radical (unpaired) electrons. The molecule has 2 N–H and O–H groups in total. The van der Waals surface area contributed by atoms with Crippen molar-refractivity contribution in [2.45, 2.75) is 74.7 Å². The maximum atomic E-state index is 14.5. The molecule has 1 aromatic carbocycles. The summed E-state index contributed by atoms with van der Waals surface area (Å²) in [5.41, 5.74) is -2.11. The number of para-hydroxylation sites is 1. The van der Waals surface area contributed by atoms with Crippen LogP contribution < -0.4 is 9.64 Å². The largest absolute Gasteiger partial charge is 0.481 e. The van der Waals surface area contributed by atoms with Gasteiger partial charge in [0, 0.05) is 41.4 Å². The number of nitrogens with zero attached hydrogens (tertiary/aromatic N) is 4. The van der Waals surface area contributed by atoms with Crippen LogP contribution in [0.1, 0.15) is 61.9 Å². The first-order valence-corrected chi connectivity index (χ1v) is 14.7. The van der Waals surface area contributed by atoms with Gasteiger partial charge >= 0.3 is 6.18 Å². The molecule has 0 unspecified atom stereocenters. The first-order chi connectivity index (χ1) is 20.9. The average molecular weight is 616 g/mol. The van der Waals surface area contributed by atoms with Crippen molar-refractivity contribution in [3.05, 3.63) is 60.2 Å². The zero-order valence-electron chi connectivity index (χ0n) is 24.1. The van der Waals surface area contributed by atoms with Crippen molar-refractivity contribution >= 4 is 17.5 Å². The van der Waals surface area contributed by atoms with E-state index < -0.39 is 47.9 Å². The van der Waals surface area contributed by atoms with Crippen LogP contribution in [0.15, 0.2) is 48.7 Å². The number of hydrogen-bond donors (Lipinski definition) is 2. The van der Waals surface area contributed by atoms with Crippen LogP contribution in [0.2, 0.25) is 0 Å². The number of H-pyrrole nitrogens is 1. The monoisotopic (exact) mass is 615 g/mol. The number of hydrogen-bond acceptors (Lipinski definition) is 6. The van der Waals surface area contributed by atoms with Gasteiger partial charge < -0.3 is 19.6 Å². The van der Waals surface area contributed by atoms with Gasteiger partial charge in [-0.1, -0.05) is 18.2 Å². The van der Waals surface area contributed by atoms with Crippen LogP contribution in [0.4, 0.5) is 23.2 Å². The zero-order valence-corrected chi connectivity index (χ0v) is 24.1. The van der Waals surface area contributed by atoms with Crippen LogP contribution in [-0.4, -0.2) is 74.0 Å². The minimum absolute atomic E-state index is 0.0191. The first-order valence-electron chi connectivity index (χ1n) is 14.7. The van der Waals surface area contributed by atoms with E-state index in [1.807, 2.05) is 0 Å². The number of anilines is 1. The van der Waals surface area contributed by atoms with Gasteiger partial charge in [0.15, 0.2) is 11.4 Å². The van der Waals surface area contributed by atoms with E-state index in [0.29, 0.717) is 37.9 Å². The first kappa shape index (κ1) is 30.0. The van der Waals surface area contributed by atoms with E-state index in [9.17, 15) is 32.3 Å². The van der Waals surface area contributed by atoms with Crippen molar-refractivity contribution in [2.24, 2.45) is 5.92 Å². The molecule has 2 saturated carbocycles. The molecule has 2 aromatic heterocycles. The van der Waals surface area contributed by atoms with E-state index in [2.05, 4.69) is 15.2 Å². The summed E-state index contributed by atoms with van der Waals surface area (Å²) in [6.45, 7) is 0.308. The smallest absolute Gasteiger partial charge is 0.417 e. The van der Waals surface area contributed by atoms with Crippen molar-refractivity contribution in [1.82, 2.24) is 20.1 Å². The lowest BCUT2D eigenvalue weighted by Gasteiger charge is -2.44. The molecule has 3 heterocycles. The summed E-state index contributed by atoms with van der Waals surface area (Å²) in [5.74, 6) is -1.32. The van der Waals surface area contributed by atoms with Crippen LogP contribution in [0.5, 0.6) is 5.88 Å². The number of aliphatic hydroxyl groups is 1. The Bertz CT molecular complexity index is 1530. The van der Waals surface area contributed by atoms with Crippen LogP contribution in [0, 0.1) is 11.7 Å². The summed E-state index contributed by atoms with van der Waals surface area (Å²) in [5, 5.41) is 17.1. The second-order valence-corrected chi connectivity index (χ2v) is 12.0. The molecule has 1 atom stereocenters. The average Bonchev–Trinajstić information content (AvgIpc) is 3.59. The molecule has 1 spiro atoms. The third-order valence-corrected chi connectivity index (χ3v) is 9.39.